The first kappa shape index (κ1) is 19.4. The molecule has 3 aromatic rings. The maximum Gasteiger partial charge on any atom is 0.316 e. The maximum absolute atomic E-state index is 12.2. The minimum atomic E-state index is -0.242. The van der Waals surface area contributed by atoms with E-state index in [1.54, 1.807) is 6.92 Å². The van der Waals surface area contributed by atoms with E-state index >= 15 is 0 Å². The fourth-order valence-corrected chi connectivity index (χ4v) is 4.40. The number of aryl methyl sites for hydroxylation is 1. The second kappa shape index (κ2) is 9.53. The highest BCUT2D eigenvalue weighted by Crippen LogP contribution is 2.31. The number of benzene rings is 2. The zero-order valence-electron chi connectivity index (χ0n) is 14.9. The second-order valence-electron chi connectivity index (χ2n) is 5.79. The van der Waals surface area contributed by atoms with Gasteiger partial charge in [0.2, 0.25) is 5.91 Å². The van der Waals surface area contributed by atoms with Gasteiger partial charge < -0.3 is 10.1 Å². The van der Waals surface area contributed by atoms with Crippen molar-refractivity contribution in [3.8, 4) is 0 Å². The maximum atomic E-state index is 12.2. The summed E-state index contributed by atoms with van der Waals surface area (Å²) < 4.78 is 6.71. The van der Waals surface area contributed by atoms with Crippen molar-refractivity contribution >= 4 is 50.9 Å². The highest BCUT2D eigenvalue weighted by molar-refractivity contribution is 8.01. The molecule has 5 nitrogen and oxygen atoms in total. The molecule has 140 valence electrons. The summed E-state index contributed by atoms with van der Waals surface area (Å²) in [4.78, 5) is 28.1. The summed E-state index contributed by atoms with van der Waals surface area (Å²) in [5.74, 6) is -0.00994. The van der Waals surface area contributed by atoms with Crippen LogP contribution in [0.3, 0.4) is 0 Å². The Bertz CT molecular complexity index is 925. The summed E-state index contributed by atoms with van der Waals surface area (Å²) in [6.45, 7) is 2.17. The Balaban J connectivity index is 1.57. The minimum absolute atomic E-state index is 0.0142. The van der Waals surface area contributed by atoms with Crippen molar-refractivity contribution in [2.24, 2.45) is 0 Å². The molecule has 0 atom stereocenters. The highest BCUT2D eigenvalue weighted by atomic mass is 32.2. The van der Waals surface area contributed by atoms with E-state index in [1.807, 2.05) is 48.5 Å². The molecule has 0 unspecified atom stereocenters. The Kier molecular flexibility index (Phi) is 6.84. The van der Waals surface area contributed by atoms with Crippen molar-refractivity contribution < 1.29 is 14.3 Å². The van der Waals surface area contributed by atoms with Crippen LogP contribution in [0.25, 0.3) is 10.2 Å². The van der Waals surface area contributed by atoms with Crippen LogP contribution >= 0.6 is 23.1 Å². The second-order valence-corrected chi connectivity index (χ2v) is 8.04. The molecule has 0 spiro atoms. The summed E-state index contributed by atoms with van der Waals surface area (Å²) in [6, 6.07) is 15.6. The zero-order valence-corrected chi connectivity index (χ0v) is 16.6. The number of thioether (sulfide) groups is 1. The SMILES string of the molecule is CCOC(=O)CSc1nc2ccc(NC(=O)CCc3ccccc3)cc2s1. The quantitative estimate of drug-likeness (QED) is 0.445. The number of carbonyl (C=O) groups excluding carboxylic acids is 2. The summed E-state index contributed by atoms with van der Waals surface area (Å²) in [6.07, 6.45) is 1.15. The highest BCUT2D eigenvalue weighted by Gasteiger charge is 2.10. The van der Waals surface area contributed by atoms with Gasteiger partial charge >= 0.3 is 5.97 Å². The zero-order chi connectivity index (χ0) is 19.1. The number of anilines is 1. The molecule has 3 rings (SSSR count). The van der Waals surface area contributed by atoms with Gasteiger partial charge in [-0.3, -0.25) is 9.59 Å². The van der Waals surface area contributed by atoms with E-state index in [1.165, 1.54) is 23.1 Å². The molecule has 1 N–H and O–H groups in total. The van der Waals surface area contributed by atoms with Gasteiger partial charge in [-0.25, -0.2) is 4.98 Å². The van der Waals surface area contributed by atoms with Gasteiger partial charge in [-0.2, -0.15) is 0 Å². The number of nitrogens with zero attached hydrogens (tertiary/aromatic N) is 1. The molecule has 0 aliphatic rings. The van der Waals surface area contributed by atoms with E-state index in [-0.39, 0.29) is 17.6 Å². The van der Waals surface area contributed by atoms with Crippen LogP contribution in [-0.4, -0.2) is 29.2 Å². The van der Waals surface area contributed by atoms with E-state index < -0.39 is 0 Å². The first-order valence-electron chi connectivity index (χ1n) is 8.67. The molecule has 0 radical (unpaired) electrons. The summed E-state index contributed by atoms with van der Waals surface area (Å²) in [5.41, 5.74) is 2.76. The molecule has 0 aliphatic carbocycles. The van der Waals surface area contributed by atoms with Gasteiger partial charge in [-0.1, -0.05) is 42.1 Å². The summed E-state index contributed by atoms with van der Waals surface area (Å²) in [7, 11) is 0. The number of thiazole rings is 1. The topological polar surface area (TPSA) is 68.3 Å². The lowest BCUT2D eigenvalue weighted by Crippen LogP contribution is -2.12. The van der Waals surface area contributed by atoms with Crippen molar-refractivity contribution in [2.45, 2.75) is 24.1 Å². The Morgan fingerprint density at radius 3 is 2.78 bits per heavy atom. The molecule has 7 heteroatoms. The molecule has 1 heterocycles. The van der Waals surface area contributed by atoms with Crippen molar-refractivity contribution in [1.82, 2.24) is 4.98 Å². The first-order valence-corrected chi connectivity index (χ1v) is 10.5. The summed E-state index contributed by atoms with van der Waals surface area (Å²) in [5, 5.41) is 2.94. The van der Waals surface area contributed by atoms with Gasteiger partial charge in [0, 0.05) is 12.1 Å². The smallest absolute Gasteiger partial charge is 0.316 e. The number of rotatable bonds is 8. The van der Waals surface area contributed by atoms with Crippen LogP contribution in [0.1, 0.15) is 18.9 Å². The van der Waals surface area contributed by atoms with Crippen molar-refractivity contribution in [1.29, 1.82) is 0 Å². The van der Waals surface area contributed by atoms with Crippen LogP contribution < -0.4 is 5.32 Å². The number of esters is 1. The largest absolute Gasteiger partial charge is 0.465 e. The predicted molar refractivity (Wildman–Crippen MR) is 110 cm³/mol. The average molecular weight is 401 g/mol. The molecule has 0 saturated carbocycles. The van der Waals surface area contributed by atoms with Crippen LogP contribution in [0.15, 0.2) is 52.9 Å². The van der Waals surface area contributed by atoms with Crippen LogP contribution in [-0.2, 0) is 20.7 Å². The van der Waals surface area contributed by atoms with E-state index in [0.29, 0.717) is 19.4 Å². The Hall–Kier alpha value is -2.38. The Morgan fingerprint density at radius 2 is 2.00 bits per heavy atom. The number of nitrogens with one attached hydrogen (secondary N) is 1. The number of ether oxygens (including phenoxy) is 1. The third-order valence-corrected chi connectivity index (χ3v) is 5.89. The normalized spacial score (nSPS) is 10.7. The van der Waals surface area contributed by atoms with E-state index in [4.69, 9.17) is 4.74 Å². The third kappa shape index (κ3) is 5.80. The van der Waals surface area contributed by atoms with E-state index in [9.17, 15) is 9.59 Å². The fraction of sp³-hybridized carbons (Fsp3) is 0.250. The Morgan fingerprint density at radius 1 is 1.19 bits per heavy atom. The van der Waals surface area contributed by atoms with Gasteiger partial charge in [-0.05, 0) is 37.1 Å². The lowest BCUT2D eigenvalue weighted by atomic mass is 10.1. The number of fused-ring (bicyclic) bond motifs is 1. The van der Waals surface area contributed by atoms with Crippen LogP contribution in [0.4, 0.5) is 5.69 Å². The molecule has 1 amide bonds. The lowest BCUT2D eigenvalue weighted by molar-refractivity contribution is -0.139. The van der Waals surface area contributed by atoms with Gasteiger partial charge in [0.1, 0.15) is 0 Å². The lowest BCUT2D eigenvalue weighted by Gasteiger charge is -2.05. The van der Waals surface area contributed by atoms with Crippen LogP contribution in [0, 0.1) is 0 Å². The number of hydrogen-bond acceptors (Lipinski definition) is 6. The van der Waals surface area contributed by atoms with Gasteiger partial charge in [0.15, 0.2) is 4.34 Å². The van der Waals surface area contributed by atoms with E-state index in [2.05, 4.69) is 10.3 Å². The first-order chi connectivity index (χ1) is 13.1. The summed E-state index contributed by atoms with van der Waals surface area (Å²) >= 11 is 2.87. The molecular weight excluding hydrogens is 380 g/mol. The number of carbonyl (C=O) groups is 2. The van der Waals surface area contributed by atoms with Gasteiger partial charge in [0.25, 0.3) is 0 Å². The molecule has 27 heavy (non-hydrogen) atoms. The number of amides is 1. The number of hydrogen-bond donors (Lipinski definition) is 1. The average Bonchev–Trinajstić information content (AvgIpc) is 3.08. The molecule has 0 fully saturated rings. The molecule has 2 aromatic carbocycles. The molecular formula is C20H20N2O3S2. The Labute approximate surface area is 166 Å². The van der Waals surface area contributed by atoms with Gasteiger partial charge in [0.05, 0.1) is 22.6 Å². The van der Waals surface area contributed by atoms with Crippen LogP contribution in [0.5, 0.6) is 0 Å². The monoisotopic (exact) mass is 400 g/mol. The standard InChI is InChI=1S/C20H20N2O3S2/c1-2-25-19(24)13-26-20-22-16-10-9-15(12-17(16)27-20)21-18(23)11-8-14-6-4-3-5-7-14/h3-7,9-10,12H,2,8,11,13H2,1H3,(H,21,23). The molecule has 1 aromatic heterocycles. The molecule has 0 bridgehead atoms. The van der Waals surface area contributed by atoms with Gasteiger partial charge in [-0.15, -0.1) is 11.3 Å². The molecule has 0 aliphatic heterocycles. The van der Waals surface area contributed by atoms with Crippen molar-refractivity contribution in [3.63, 3.8) is 0 Å². The predicted octanol–water partition coefficient (Wildman–Crippen LogP) is 4.52. The third-order valence-electron chi connectivity index (χ3n) is 3.75. The van der Waals surface area contributed by atoms with Crippen LogP contribution in [0.2, 0.25) is 0 Å². The molecule has 0 saturated heterocycles. The minimum Gasteiger partial charge on any atom is -0.465 e. The number of aromatic nitrogens is 1. The fourth-order valence-electron chi connectivity index (χ4n) is 2.49. The van der Waals surface area contributed by atoms with E-state index in [0.717, 1.165) is 25.8 Å². The van der Waals surface area contributed by atoms with Crippen molar-refractivity contribution in [3.05, 3.63) is 54.1 Å². The van der Waals surface area contributed by atoms with Crippen molar-refractivity contribution in [2.75, 3.05) is 17.7 Å².